The summed E-state index contributed by atoms with van der Waals surface area (Å²) in [4.78, 5) is 4.18. The highest BCUT2D eigenvalue weighted by Gasteiger charge is 2.06. The summed E-state index contributed by atoms with van der Waals surface area (Å²) in [6.07, 6.45) is 3.67. The SMILES string of the molecule is CCCC(Cl)CNc1cc(C)cc2ncnn12. The monoisotopic (exact) mass is 252 g/mol. The van der Waals surface area contributed by atoms with Gasteiger partial charge in [0.05, 0.1) is 5.38 Å². The fourth-order valence-corrected chi connectivity index (χ4v) is 2.11. The smallest absolute Gasteiger partial charge is 0.157 e. The van der Waals surface area contributed by atoms with E-state index in [4.69, 9.17) is 11.6 Å². The van der Waals surface area contributed by atoms with Crippen molar-refractivity contribution < 1.29 is 0 Å². The molecule has 0 amide bonds. The van der Waals surface area contributed by atoms with Crippen LogP contribution in [0.4, 0.5) is 5.82 Å². The van der Waals surface area contributed by atoms with Crippen LogP contribution in [0.15, 0.2) is 18.5 Å². The lowest BCUT2D eigenvalue weighted by atomic mass is 10.2. The van der Waals surface area contributed by atoms with E-state index in [1.165, 1.54) is 0 Å². The van der Waals surface area contributed by atoms with Gasteiger partial charge in [-0.2, -0.15) is 9.61 Å². The molecule has 92 valence electrons. The van der Waals surface area contributed by atoms with Gasteiger partial charge in [-0.05, 0) is 31.0 Å². The first-order valence-corrected chi connectivity index (χ1v) is 6.32. The van der Waals surface area contributed by atoms with Gasteiger partial charge < -0.3 is 5.32 Å². The largest absolute Gasteiger partial charge is 0.368 e. The van der Waals surface area contributed by atoms with Crippen LogP contribution < -0.4 is 5.32 Å². The lowest BCUT2D eigenvalue weighted by molar-refractivity contribution is 0.747. The van der Waals surface area contributed by atoms with E-state index in [1.54, 1.807) is 10.8 Å². The number of pyridine rings is 1. The molecule has 1 atom stereocenters. The average molecular weight is 253 g/mol. The molecule has 1 unspecified atom stereocenters. The summed E-state index contributed by atoms with van der Waals surface area (Å²) in [5.74, 6) is 0.944. The van der Waals surface area contributed by atoms with Gasteiger partial charge in [0.2, 0.25) is 0 Å². The third-order valence-corrected chi connectivity index (χ3v) is 3.00. The third-order valence-electron chi connectivity index (χ3n) is 2.63. The Morgan fingerprint density at radius 1 is 1.47 bits per heavy atom. The Morgan fingerprint density at radius 2 is 2.29 bits per heavy atom. The standard InChI is InChI=1S/C12H17ClN4/c1-3-4-10(13)7-14-11-5-9(2)6-12-15-8-16-17(11)12/h5-6,8,10,14H,3-4,7H2,1-2H3. The Morgan fingerprint density at radius 3 is 3.06 bits per heavy atom. The van der Waals surface area contributed by atoms with Gasteiger partial charge in [0.25, 0.3) is 0 Å². The molecule has 0 saturated heterocycles. The van der Waals surface area contributed by atoms with Crippen LogP contribution in [0.3, 0.4) is 0 Å². The van der Waals surface area contributed by atoms with Crippen LogP contribution in [-0.2, 0) is 0 Å². The Balaban J connectivity index is 2.14. The summed E-state index contributed by atoms with van der Waals surface area (Å²) in [7, 11) is 0. The molecule has 0 aliphatic heterocycles. The Hall–Kier alpha value is -1.29. The van der Waals surface area contributed by atoms with Gasteiger partial charge in [-0.3, -0.25) is 0 Å². The number of rotatable bonds is 5. The molecule has 0 aromatic carbocycles. The van der Waals surface area contributed by atoms with Crippen molar-refractivity contribution in [1.82, 2.24) is 14.6 Å². The molecule has 0 aliphatic carbocycles. The number of fused-ring (bicyclic) bond motifs is 1. The number of hydrogen-bond acceptors (Lipinski definition) is 3. The molecule has 1 N–H and O–H groups in total. The van der Waals surface area contributed by atoms with Crippen LogP contribution in [0, 0.1) is 6.92 Å². The van der Waals surface area contributed by atoms with E-state index in [-0.39, 0.29) is 5.38 Å². The van der Waals surface area contributed by atoms with E-state index in [9.17, 15) is 0 Å². The normalized spacial score (nSPS) is 12.9. The van der Waals surface area contributed by atoms with E-state index in [0.717, 1.165) is 36.4 Å². The van der Waals surface area contributed by atoms with Crippen molar-refractivity contribution in [2.45, 2.75) is 32.1 Å². The zero-order valence-corrected chi connectivity index (χ0v) is 10.9. The van der Waals surface area contributed by atoms with Crippen LogP contribution in [-0.4, -0.2) is 26.5 Å². The fraction of sp³-hybridized carbons (Fsp3) is 0.500. The lowest BCUT2D eigenvalue weighted by Crippen LogP contribution is -2.16. The molecule has 2 aromatic rings. The molecular weight excluding hydrogens is 236 g/mol. The minimum atomic E-state index is 0.152. The first-order chi connectivity index (χ1) is 8.20. The van der Waals surface area contributed by atoms with Gasteiger partial charge in [0, 0.05) is 6.54 Å². The molecular formula is C12H17ClN4. The molecule has 5 heteroatoms. The van der Waals surface area contributed by atoms with Crippen molar-refractivity contribution in [2.75, 3.05) is 11.9 Å². The van der Waals surface area contributed by atoms with Gasteiger partial charge in [-0.15, -0.1) is 11.6 Å². The second-order valence-corrected chi connectivity index (χ2v) is 4.83. The maximum Gasteiger partial charge on any atom is 0.157 e. The minimum absolute atomic E-state index is 0.152. The molecule has 2 heterocycles. The first kappa shape index (κ1) is 12.2. The Bertz CT molecular complexity index is 494. The number of anilines is 1. The zero-order valence-electron chi connectivity index (χ0n) is 10.2. The topological polar surface area (TPSA) is 42.2 Å². The first-order valence-electron chi connectivity index (χ1n) is 5.89. The van der Waals surface area contributed by atoms with Crippen LogP contribution in [0.25, 0.3) is 5.65 Å². The molecule has 4 nitrogen and oxygen atoms in total. The Labute approximate surface area is 106 Å². The predicted molar refractivity (Wildman–Crippen MR) is 70.8 cm³/mol. The van der Waals surface area contributed by atoms with E-state index in [2.05, 4.69) is 28.4 Å². The molecule has 2 rings (SSSR count). The second kappa shape index (κ2) is 5.36. The number of aryl methyl sites for hydroxylation is 1. The minimum Gasteiger partial charge on any atom is -0.368 e. The number of nitrogens with zero attached hydrogens (tertiary/aromatic N) is 3. The van der Waals surface area contributed by atoms with Gasteiger partial charge in [0.15, 0.2) is 5.65 Å². The van der Waals surface area contributed by atoms with Crippen molar-refractivity contribution in [3.05, 3.63) is 24.0 Å². The predicted octanol–water partition coefficient (Wildman–Crippen LogP) is 2.86. The van der Waals surface area contributed by atoms with E-state index in [1.807, 2.05) is 13.0 Å². The average Bonchev–Trinajstić information content (AvgIpc) is 2.74. The van der Waals surface area contributed by atoms with Gasteiger partial charge in [-0.25, -0.2) is 4.98 Å². The van der Waals surface area contributed by atoms with Crippen LogP contribution in [0.1, 0.15) is 25.3 Å². The summed E-state index contributed by atoms with van der Waals surface area (Å²) in [6, 6.07) is 4.06. The lowest BCUT2D eigenvalue weighted by Gasteiger charge is -2.12. The molecule has 0 bridgehead atoms. The highest BCUT2D eigenvalue weighted by molar-refractivity contribution is 6.20. The fourth-order valence-electron chi connectivity index (χ4n) is 1.81. The summed E-state index contributed by atoms with van der Waals surface area (Å²) in [5.41, 5.74) is 2.02. The van der Waals surface area contributed by atoms with Gasteiger partial charge in [0.1, 0.15) is 12.1 Å². The molecule has 0 aliphatic rings. The van der Waals surface area contributed by atoms with E-state index < -0.39 is 0 Å². The summed E-state index contributed by atoms with van der Waals surface area (Å²) >= 11 is 6.19. The molecule has 17 heavy (non-hydrogen) atoms. The quantitative estimate of drug-likeness (QED) is 0.832. The van der Waals surface area contributed by atoms with Crippen molar-refractivity contribution in [3.8, 4) is 0 Å². The molecule has 0 radical (unpaired) electrons. The zero-order chi connectivity index (χ0) is 12.3. The highest BCUT2D eigenvalue weighted by atomic mass is 35.5. The maximum atomic E-state index is 6.19. The molecule has 0 spiro atoms. The number of hydrogen-bond donors (Lipinski definition) is 1. The van der Waals surface area contributed by atoms with Gasteiger partial charge >= 0.3 is 0 Å². The van der Waals surface area contributed by atoms with Crippen molar-refractivity contribution >= 4 is 23.1 Å². The van der Waals surface area contributed by atoms with Crippen molar-refractivity contribution in [3.63, 3.8) is 0 Å². The summed E-state index contributed by atoms with van der Waals surface area (Å²) in [5, 5.41) is 7.66. The Kier molecular flexibility index (Phi) is 3.84. The number of aromatic nitrogens is 3. The molecule has 0 saturated carbocycles. The third kappa shape index (κ3) is 2.88. The van der Waals surface area contributed by atoms with Gasteiger partial charge in [-0.1, -0.05) is 13.3 Å². The number of halogens is 1. The number of nitrogens with one attached hydrogen (secondary N) is 1. The second-order valence-electron chi connectivity index (χ2n) is 4.21. The van der Waals surface area contributed by atoms with Crippen LogP contribution >= 0.6 is 11.6 Å². The molecule has 2 aromatic heterocycles. The molecule has 0 fully saturated rings. The van der Waals surface area contributed by atoms with Crippen molar-refractivity contribution in [1.29, 1.82) is 0 Å². The maximum absolute atomic E-state index is 6.19. The van der Waals surface area contributed by atoms with Crippen LogP contribution in [0.2, 0.25) is 0 Å². The van der Waals surface area contributed by atoms with Crippen molar-refractivity contribution in [2.24, 2.45) is 0 Å². The van der Waals surface area contributed by atoms with Crippen LogP contribution in [0.5, 0.6) is 0 Å². The van der Waals surface area contributed by atoms with E-state index in [0.29, 0.717) is 0 Å². The summed E-state index contributed by atoms with van der Waals surface area (Å²) < 4.78 is 1.79. The van der Waals surface area contributed by atoms with E-state index >= 15 is 0 Å². The number of alkyl halides is 1. The highest BCUT2D eigenvalue weighted by Crippen LogP contribution is 2.14. The summed E-state index contributed by atoms with van der Waals surface area (Å²) in [6.45, 7) is 4.93.